The maximum Gasteiger partial charge on any atom is 0.224 e. The molecule has 2 heterocycles. The van der Waals surface area contributed by atoms with Crippen molar-refractivity contribution >= 4 is 29.7 Å². The lowest BCUT2D eigenvalue weighted by Crippen LogP contribution is -2.31. The molecule has 0 spiro atoms. The normalized spacial score (nSPS) is 18.8. The molecule has 5 heteroatoms. The number of carbonyl (C=O) groups is 1. The van der Waals surface area contributed by atoms with E-state index >= 15 is 0 Å². The molecule has 1 aromatic heterocycles. The Morgan fingerprint density at radius 1 is 1.53 bits per heavy atom. The molecule has 1 atom stereocenters. The van der Waals surface area contributed by atoms with Crippen LogP contribution in [0, 0.1) is 5.92 Å². The Morgan fingerprint density at radius 2 is 2.29 bits per heavy atom. The number of rotatable bonds is 4. The van der Waals surface area contributed by atoms with E-state index in [1.165, 1.54) is 9.75 Å². The van der Waals surface area contributed by atoms with Gasteiger partial charge in [-0.05, 0) is 31.5 Å². The minimum Gasteiger partial charge on any atom is -0.351 e. The number of hydrogen-bond donors (Lipinski definition) is 2. The third-order valence-electron chi connectivity index (χ3n) is 2.93. The second kappa shape index (κ2) is 6.99. The molecule has 17 heavy (non-hydrogen) atoms. The van der Waals surface area contributed by atoms with E-state index in [0.29, 0.717) is 6.54 Å². The maximum absolute atomic E-state index is 11.7. The van der Waals surface area contributed by atoms with Gasteiger partial charge in [-0.25, -0.2) is 0 Å². The average molecular weight is 275 g/mol. The number of halogens is 1. The Morgan fingerprint density at radius 3 is 2.88 bits per heavy atom. The summed E-state index contributed by atoms with van der Waals surface area (Å²) in [6.45, 7) is 4.63. The third-order valence-corrected chi connectivity index (χ3v) is 4.16. The first-order chi connectivity index (χ1) is 7.79. The summed E-state index contributed by atoms with van der Waals surface area (Å²) >= 11 is 1.79. The molecule has 0 saturated carbocycles. The van der Waals surface area contributed by atoms with Gasteiger partial charge < -0.3 is 10.6 Å². The largest absolute Gasteiger partial charge is 0.351 e. The molecule has 1 aliphatic heterocycles. The van der Waals surface area contributed by atoms with Crippen molar-refractivity contribution < 1.29 is 4.79 Å². The minimum absolute atomic E-state index is 0. The van der Waals surface area contributed by atoms with Gasteiger partial charge in [-0.2, -0.15) is 0 Å². The molecule has 2 N–H and O–H groups in total. The molecule has 0 bridgehead atoms. The summed E-state index contributed by atoms with van der Waals surface area (Å²) in [4.78, 5) is 14.4. The second-order valence-corrected chi connectivity index (χ2v) is 5.38. The summed E-state index contributed by atoms with van der Waals surface area (Å²) in [5.41, 5.74) is 0. The molecule has 3 nitrogen and oxygen atoms in total. The lowest BCUT2D eigenvalue weighted by Gasteiger charge is -2.08. The van der Waals surface area contributed by atoms with Gasteiger partial charge in [0.25, 0.3) is 0 Å². The molecular weight excluding hydrogens is 256 g/mol. The molecule has 96 valence electrons. The van der Waals surface area contributed by atoms with Gasteiger partial charge in [-0.3, -0.25) is 4.79 Å². The van der Waals surface area contributed by atoms with Gasteiger partial charge in [0.15, 0.2) is 0 Å². The van der Waals surface area contributed by atoms with Crippen molar-refractivity contribution in [2.75, 3.05) is 13.1 Å². The van der Waals surface area contributed by atoms with Gasteiger partial charge >= 0.3 is 0 Å². The summed E-state index contributed by atoms with van der Waals surface area (Å²) in [5, 5.41) is 6.22. The first-order valence-corrected chi connectivity index (χ1v) is 6.67. The molecule has 1 aromatic rings. The number of thiophene rings is 1. The fourth-order valence-electron chi connectivity index (χ4n) is 1.90. The zero-order valence-corrected chi connectivity index (χ0v) is 11.6. The minimum atomic E-state index is 0. The number of amides is 1. The van der Waals surface area contributed by atoms with E-state index in [9.17, 15) is 4.79 Å². The zero-order valence-electron chi connectivity index (χ0n) is 9.99. The summed E-state index contributed by atoms with van der Waals surface area (Å²) in [7, 11) is 0. The second-order valence-electron chi connectivity index (χ2n) is 4.13. The molecule has 1 amide bonds. The van der Waals surface area contributed by atoms with Crippen LogP contribution >= 0.6 is 23.7 Å². The predicted octanol–water partition coefficient (Wildman–Crippen LogP) is 1.96. The van der Waals surface area contributed by atoms with Crippen molar-refractivity contribution in [1.29, 1.82) is 0 Å². The Hall–Kier alpha value is -0.580. The van der Waals surface area contributed by atoms with Crippen LogP contribution in [0.25, 0.3) is 0 Å². The summed E-state index contributed by atoms with van der Waals surface area (Å²) < 4.78 is 0. The SMILES string of the molecule is CCc1ccc(CNC(=O)C2CCNC2)s1.Cl. The van der Waals surface area contributed by atoms with Gasteiger partial charge in [0.05, 0.1) is 12.5 Å². The van der Waals surface area contributed by atoms with E-state index in [-0.39, 0.29) is 24.2 Å². The quantitative estimate of drug-likeness (QED) is 0.881. The van der Waals surface area contributed by atoms with Crippen molar-refractivity contribution in [3.05, 3.63) is 21.9 Å². The number of aryl methyl sites for hydroxylation is 1. The van der Waals surface area contributed by atoms with E-state index in [4.69, 9.17) is 0 Å². The molecule has 1 aliphatic rings. The third kappa shape index (κ3) is 3.98. The highest BCUT2D eigenvalue weighted by molar-refractivity contribution is 7.11. The van der Waals surface area contributed by atoms with Crippen LogP contribution < -0.4 is 10.6 Å². The van der Waals surface area contributed by atoms with Crippen molar-refractivity contribution in [2.24, 2.45) is 5.92 Å². The van der Waals surface area contributed by atoms with E-state index in [1.807, 2.05) is 0 Å². The number of carbonyl (C=O) groups excluding carboxylic acids is 1. The van der Waals surface area contributed by atoms with E-state index in [0.717, 1.165) is 25.9 Å². The van der Waals surface area contributed by atoms with Gasteiger partial charge in [0.1, 0.15) is 0 Å². The smallest absolute Gasteiger partial charge is 0.224 e. The fourth-order valence-corrected chi connectivity index (χ4v) is 2.80. The van der Waals surface area contributed by atoms with Crippen molar-refractivity contribution in [2.45, 2.75) is 26.3 Å². The van der Waals surface area contributed by atoms with Gasteiger partial charge in [-0.1, -0.05) is 6.92 Å². The van der Waals surface area contributed by atoms with Crippen molar-refractivity contribution in [3.63, 3.8) is 0 Å². The van der Waals surface area contributed by atoms with Crippen LogP contribution in [-0.2, 0) is 17.8 Å². The van der Waals surface area contributed by atoms with E-state index in [2.05, 4.69) is 29.7 Å². The topological polar surface area (TPSA) is 41.1 Å². The summed E-state index contributed by atoms with van der Waals surface area (Å²) in [6, 6.07) is 4.25. The molecular formula is C12H19ClN2OS. The molecule has 0 aromatic carbocycles. The number of nitrogens with one attached hydrogen (secondary N) is 2. The number of hydrogen-bond acceptors (Lipinski definition) is 3. The molecule has 1 unspecified atom stereocenters. The zero-order chi connectivity index (χ0) is 11.4. The molecule has 1 fully saturated rings. The summed E-state index contributed by atoms with van der Waals surface area (Å²) in [5.74, 6) is 0.363. The fraction of sp³-hybridized carbons (Fsp3) is 0.583. The monoisotopic (exact) mass is 274 g/mol. The highest BCUT2D eigenvalue weighted by atomic mass is 35.5. The highest BCUT2D eigenvalue weighted by Gasteiger charge is 2.21. The van der Waals surface area contributed by atoms with Crippen molar-refractivity contribution in [1.82, 2.24) is 10.6 Å². The Bertz CT molecular complexity index is 361. The molecule has 0 aliphatic carbocycles. The molecule has 0 radical (unpaired) electrons. The van der Waals surface area contributed by atoms with Crippen LogP contribution in [0.5, 0.6) is 0 Å². The van der Waals surface area contributed by atoms with E-state index in [1.54, 1.807) is 11.3 Å². The Balaban J connectivity index is 0.00000144. The van der Waals surface area contributed by atoms with Crippen LogP contribution in [0.3, 0.4) is 0 Å². The average Bonchev–Trinajstić information content (AvgIpc) is 2.96. The van der Waals surface area contributed by atoms with Gasteiger partial charge in [-0.15, -0.1) is 23.7 Å². The van der Waals surface area contributed by atoms with E-state index < -0.39 is 0 Å². The van der Waals surface area contributed by atoms with Crippen LogP contribution in [0.1, 0.15) is 23.1 Å². The van der Waals surface area contributed by atoms with Crippen LogP contribution in [-0.4, -0.2) is 19.0 Å². The summed E-state index contributed by atoms with van der Waals surface area (Å²) in [6.07, 6.45) is 2.04. The Labute approximate surface area is 112 Å². The Kier molecular flexibility index (Phi) is 5.95. The van der Waals surface area contributed by atoms with Crippen molar-refractivity contribution in [3.8, 4) is 0 Å². The first kappa shape index (κ1) is 14.5. The van der Waals surface area contributed by atoms with Crippen LogP contribution in [0.15, 0.2) is 12.1 Å². The van der Waals surface area contributed by atoms with Gasteiger partial charge in [0.2, 0.25) is 5.91 Å². The lowest BCUT2D eigenvalue weighted by atomic mass is 10.1. The highest BCUT2D eigenvalue weighted by Crippen LogP contribution is 2.17. The standard InChI is InChI=1S/C12H18N2OS.ClH/c1-2-10-3-4-11(16-10)8-14-12(15)9-5-6-13-7-9;/h3-4,9,13H,2,5-8H2,1H3,(H,14,15);1H. The molecule has 2 rings (SSSR count). The first-order valence-electron chi connectivity index (χ1n) is 5.85. The maximum atomic E-state index is 11.7. The lowest BCUT2D eigenvalue weighted by molar-refractivity contribution is -0.124. The molecule has 1 saturated heterocycles. The van der Waals surface area contributed by atoms with Crippen LogP contribution in [0.4, 0.5) is 0 Å². The predicted molar refractivity (Wildman–Crippen MR) is 73.8 cm³/mol. The van der Waals surface area contributed by atoms with Crippen LogP contribution in [0.2, 0.25) is 0 Å². The van der Waals surface area contributed by atoms with Gasteiger partial charge in [0, 0.05) is 16.3 Å².